The highest BCUT2D eigenvalue weighted by molar-refractivity contribution is 6.46. The number of aliphatic hydroxyl groups excluding tert-OH is 1. The number of benzene rings is 2. The first-order valence-corrected chi connectivity index (χ1v) is 11.1. The van der Waals surface area contributed by atoms with E-state index >= 15 is 0 Å². The fourth-order valence-electron chi connectivity index (χ4n) is 4.20. The van der Waals surface area contributed by atoms with Crippen LogP contribution >= 0.6 is 0 Å². The predicted molar refractivity (Wildman–Crippen MR) is 128 cm³/mol. The van der Waals surface area contributed by atoms with Crippen LogP contribution in [-0.4, -0.2) is 54.4 Å². The second-order valence-corrected chi connectivity index (χ2v) is 8.41. The number of hydrogen-bond acceptors (Lipinski definition) is 5. The monoisotopic (exact) mass is 461 g/mol. The van der Waals surface area contributed by atoms with Crippen LogP contribution in [0.3, 0.4) is 0 Å². The van der Waals surface area contributed by atoms with Crippen molar-refractivity contribution >= 4 is 23.1 Å². The molecule has 2 heterocycles. The van der Waals surface area contributed by atoms with Crippen LogP contribution in [0.1, 0.15) is 23.6 Å². The van der Waals surface area contributed by atoms with Crippen LogP contribution in [0.25, 0.3) is 5.76 Å². The number of hydrogen-bond donors (Lipinski definition) is 2. The molecule has 176 valence electrons. The van der Waals surface area contributed by atoms with E-state index in [0.29, 0.717) is 30.8 Å². The van der Waals surface area contributed by atoms with Crippen LogP contribution in [-0.2, 0) is 16.1 Å². The number of nitrogens with one attached hydrogen (secondary N) is 1. The van der Waals surface area contributed by atoms with Gasteiger partial charge in [0.15, 0.2) is 0 Å². The Bertz CT molecular complexity index is 1180. The van der Waals surface area contributed by atoms with Crippen LogP contribution in [0, 0.1) is 0 Å². The maximum atomic E-state index is 13.2. The quantitative estimate of drug-likeness (QED) is 0.233. The molecule has 1 atom stereocenters. The zero-order valence-corrected chi connectivity index (χ0v) is 19.6. The van der Waals surface area contributed by atoms with Gasteiger partial charge >= 0.3 is 0 Å². The van der Waals surface area contributed by atoms with Crippen LogP contribution in [0.5, 0.6) is 5.75 Å². The summed E-state index contributed by atoms with van der Waals surface area (Å²) in [6.45, 7) is 1.07. The standard InChI is InChI=1S/C26H28N4O4/c1-28(2)20-9-5-18(6-10-20)23-22(24(31)19-7-11-21(34-3)12-8-19)25(32)26(33)30(23)15-4-14-29-16-13-27-17-29/h5-13,16-17,23H,4,14-15H2,1-3H3,(H,31,32)/p+1. The lowest BCUT2D eigenvalue weighted by molar-refractivity contribution is -0.695. The lowest BCUT2D eigenvalue weighted by atomic mass is 9.95. The van der Waals surface area contributed by atoms with E-state index in [4.69, 9.17) is 4.74 Å². The van der Waals surface area contributed by atoms with Gasteiger partial charge in [-0.25, -0.2) is 4.57 Å². The van der Waals surface area contributed by atoms with Gasteiger partial charge in [0, 0.05) is 38.3 Å². The number of imidazole rings is 1. The molecule has 0 spiro atoms. The number of ketones is 1. The zero-order chi connectivity index (χ0) is 24.2. The topological polar surface area (TPSA) is 89.7 Å². The maximum absolute atomic E-state index is 13.2. The summed E-state index contributed by atoms with van der Waals surface area (Å²) in [5.41, 5.74) is 2.33. The molecule has 1 aromatic heterocycles. The van der Waals surface area contributed by atoms with E-state index in [0.717, 1.165) is 11.3 Å². The average molecular weight is 462 g/mol. The Labute approximate surface area is 198 Å². The maximum Gasteiger partial charge on any atom is 0.295 e. The number of aliphatic hydroxyl groups is 1. The fraction of sp³-hybridized carbons (Fsp3) is 0.269. The molecule has 2 aromatic carbocycles. The van der Waals surface area contributed by atoms with Gasteiger partial charge in [-0.15, -0.1) is 0 Å². The summed E-state index contributed by atoms with van der Waals surface area (Å²) >= 11 is 0. The molecule has 0 saturated carbocycles. The van der Waals surface area contributed by atoms with Gasteiger partial charge in [0.25, 0.3) is 11.7 Å². The lowest BCUT2D eigenvalue weighted by Crippen LogP contribution is -2.36. The van der Waals surface area contributed by atoms with Gasteiger partial charge in [0.2, 0.25) is 6.33 Å². The van der Waals surface area contributed by atoms with E-state index < -0.39 is 17.7 Å². The van der Waals surface area contributed by atoms with Crippen molar-refractivity contribution in [1.82, 2.24) is 9.88 Å². The van der Waals surface area contributed by atoms with E-state index in [1.165, 1.54) is 0 Å². The predicted octanol–water partition coefficient (Wildman–Crippen LogP) is 2.89. The van der Waals surface area contributed by atoms with Crippen LogP contribution in [0.2, 0.25) is 0 Å². The number of methoxy groups -OCH3 is 1. The molecule has 0 aliphatic carbocycles. The van der Waals surface area contributed by atoms with Crippen molar-refractivity contribution in [3.8, 4) is 5.75 Å². The normalized spacial score (nSPS) is 17.3. The fourth-order valence-corrected chi connectivity index (χ4v) is 4.20. The van der Waals surface area contributed by atoms with Crippen LogP contribution in [0.4, 0.5) is 5.69 Å². The lowest BCUT2D eigenvalue weighted by Gasteiger charge is -2.25. The highest BCUT2D eigenvalue weighted by Gasteiger charge is 2.45. The summed E-state index contributed by atoms with van der Waals surface area (Å²) < 4.78 is 7.17. The van der Waals surface area contributed by atoms with Gasteiger partial charge in [-0.1, -0.05) is 12.1 Å². The second-order valence-electron chi connectivity index (χ2n) is 8.41. The number of likely N-dealkylation sites (tertiary alicyclic amines) is 1. The van der Waals surface area contributed by atoms with Crippen molar-refractivity contribution in [2.45, 2.75) is 19.0 Å². The summed E-state index contributed by atoms with van der Waals surface area (Å²) in [7, 11) is 5.45. The molecule has 34 heavy (non-hydrogen) atoms. The molecule has 1 amide bonds. The van der Waals surface area contributed by atoms with Crippen molar-refractivity contribution in [1.29, 1.82) is 0 Å². The third-order valence-corrected chi connectivity index (χ3v) is 6.05. The van der Waals surface area contributed by atoms with Crippen molar-refractivity contribution in [3.63, 3.8) is 0 Å². The van der Waals surface area contributed by atoms with E-state index in [2.05, 4.69) is 4.98 Å². The molecule has 1 aliphatic heterocycles. The molecule has 0 radical (unpaired) electrons. The molecule has 1 unspecified atom stereocenters. The Morgan fingerprint density at radius 1 is 1.12 bits per heavy atom. The minimum atomic E-state index is -0.677. The number of aromatic nitrogens is 2. The molecule has 4 rings (SSSR count). The molecule has 1 saturated heterocycles. The Hall–Kier alpha value is -4.07. The van der Waals surface area contributed by atoms with Crippen LogP contribution < -0.4 is 14.2 Å². The highest BCUT2D eigenvalue weighted by atomic mass is 16.5. The molecule has 1 aliphatic rings. The number of H-pyrrole nitrogens is 1. The van der Waals surface area contributed by atoms with Gasteiger partial charge in [-0.05, 0) is 42.0 Å². The third-order valence-electron chi connectivity index (χ3n) is 6.05. The minimum absolute atomic E-state index is 0.0991. The first-order chi connectivity index (χ1) is 16.4. The third kappa shape index (κ3) is 4.52. The molecule has 8 nitrogen and oxygen atoms in total. The number of carbonyl (C=O) groups is 2. The van der Waals surface area contributed by atoms with Crippen molar-refractivity contribution in [2.75, 3.05) is 32.6 Å². The van der Waals surface area contributed by atoms with Gasteiger partial charge in [-0.3, -0.25) is 14.6 Å². The summed E-state index contributed by atoms with van der Waals surface area (Å²) in [5, 5.41) is 11.2. The second kappa shape index (κ2) is 9.82. The number of aromatic amines is 1. The summed E-state index contributed by atoms with van der Waals surface area (Å²) in [4.78, 5) is 32.8. The van der Waals surface area contributed by atoms with Crippen LogP contribution in [0.15, 0.2) is 72.8 Å². The molecule has 8 heteroatoms. The number of nitrogens with zero attached hydrogens (tertiary/aromatic N) is 3. The number of rotatable bonds is 8. The molecular formula is C26H29N4O4+. The van der Waals surface area contributed by atoms with Gasteiger partial charge in [0.1, 0.15) is 23.9 Å². The average Bonchev–Trinajstić information content (AvgIpc) is 3.46. The Balaban J connectivity index is 1.72. The number of amides is 1. The summed E-state index contributed by atoms with van der Waals surface area (Å²) in [5.74, 6) is -0.833. The van der Waals surface area contributed by atoms with Crippen molar-refractivity contribution in [3.05, 3.63) is 84.0 Å². The van der Waals surface area contributed by atoms with E-state index in [-0.39, 0.29) is 11.3 Å². The Morgan fingerprint density at radius 2 is 1.82 bits per heavy atom. The zero-order valence-electron chi connectivity index (χ0n) is 19.6. The van der Waals surface area contributed by atoms with Gasteiger partial charge in [0.05, 0.1) is 25.3 Å². The van der Waals surface area contributed by atoms with Gasteiger partial charge in [-0.2, -0.15) is 0 Å². The summed E-state index contributed by atoms with van der Waals surface area (Å²) in [6.07, 6.45) is 6.24. The summed E-state index contributed by atoms with van der Waals surface area (Å²) in [6, 6.07) is 13.8. The Kier molecular flexibility index (Phi) is 6.67. The van der Waals surface area contributed by atoms with E-state index in [1.807, 2.05) is 66.5 Å². The Morgan fingerprint density at radius 3 is 2.41 bits per heavy atom. The molecule has 2 N–H and O–H groups in total. The first-order valence-electron chi connectivity index (χ1n) is 11.1. The van der Waals surface area contributed by atoms with E-state index in [1.54, 1.807) is 36.3 Å². The van der Waals surface area contributed by atoms with Gasteiger partial charge < -0.3 is 19.6 Å². The first kappa shape index (κ1) is 23.1. The molecule has 0 bridgehead atoms. The number of Topliss-reactive ketones (excluding diaryl/α,β-unsaturated/α-hetero) is 1. The number of ether oxygens (including phenoxy) is 1. The number of anilines is 1. The number of carbonyl (C=O) groups excluding carboxylic acids is 2. The molecule has 3 aromatic rings. The number of aryl methyl sites for hydroxylation is 1. The highest BCUT2D eigenvalue weighted by Crippen LogP contribution is 2.40. The van der Waals surface area contributed by atoms with Crippen molar-refractivity contribution < 1.29 is 24.0 Å². The molecule has 1 fully saturated rings. The van der Waals surface area contributed by atoms with E-state index in [9.17, 15) is 14.7 Å². The molecular weight excluding hydrogens is 432 g/mol. The largest absolute Gasteiger partial charge is 0.507 e. The smallest absolute Gasteiger partial charge is 0.295 e. The van der Waals surface area contributed by atoms with Crippen molar-refractivity contribution in [2.24, 2.45) is 0 Å². The minimum Gasteiger partial charge on any atom is -0.507 e. The SMILES string of the molecule is COc1ccc(C(O)=C2C(=O)C(=O)N(CCC[n+]3cc[nH]c3)C2c2ccc(N(C)C)cc2)cc1.